The van der Waals surface area contributed by atoms with E-state index in [9.17, 15) is 27.9 Å². The molecule has 4 atom stereocenters. The number of hydrogen-bond acceptors (Lipinski definition) is 6. The number of amides is 2. The maximum Gasteiger partial charge on any atom is 0.263 e. The lowest BCUT2D eigenvalue weighted by Gasteiger charge is -2.32. The van der Waals surface area contributed by atoms with Gasteiger partial charge in [-0.2, -0.15) is 0 Å². The Morgan fingerprint density at radius 2 is 1.95 bits per heavy atom. The average molecular weight is 560 g/mol. The fourth-order valence-electron chi connectivity index (χ4n) is 5.06. The van der Waals surface area contributed by atoms with Crippen LogP contribution >= 0.6 is 0 Å². The van der Waals surface area contributed by atoms with Crippen molar-refractivity contribution in [3.8, 4) is 17.0 Å². The third-order valence-electron chi connectivity index (χ3n) is 7.50. The first-order valence-electron chi connectivity index (χ1n) is 13.4. The molecule has 40 heavy (non-hydrogen) atoms. The molecule has 0 unspecified atom stereocenters. The van der Waals surface area contributed by atoms with Gasteiger partial charge in [0.2, 0.25) is 5.91 Å². The number of alkyl halides is 3. The highest BCUT2D eigenvalue weighted by molar-refractivity contribution is 6.09. The van der Waals surface area contributed by atoms with Gasteiger partial charge in [-0.05, 0) is 63.6 Å². The molecule has 2 aromatic heterocycles. The summed E-state index contributed by atoms with van der Waals surface area (Å²) in [7, 11) is 0. The third-order valence-corrected chi connectivity index (χ3v) is 7.50. The topological polar surface area (TPSA) is 129 Å². The minimum Gasteiger partial charge on any atom is -0.493 e. The molecular weight excluding hydrogens is 527 g/mol. The number of carbonyl (C=O) groups excluding carboxylic acids is 2. The lowest BCUT2D eigenvalue weighted by molar-refractivity contribution is -0.130. The molecule has 9 nitrogen and oxygen atoms in total. The molecule has 2 aliphatic carbocycles. The Morgan fingerprint density at radius 1 is 1.18 bits per heavy atom. The standard InChI is InChI=1S/C28H32F3N5O4/c1-13-22(28(39)35-17-6-7-20(19(29)10-17)36-27(38)14(2)37)24-25(34-13)23(32-12-33-24)18-9-16(26(30)31)5-8-21(18)40-11-15-3-4-15/h5,8-9,12,14-15,17,19-20,26,34,37H,3-4,6-7,10-11H2,1-2H3,(H,35,39)(H,36,38)/t14-,17+,19+,20-/m0/s1. The number of aromatic amines is 1. The number of aliphatic hydroxyl groups excluding tert-OH is 1. The Hall–Kier alpha value is -3.67. The number of halogens is 3. The maximum atomic E-state index is 14.8. The van der Waals surface area contributed by atoms with E-state index in [1.54, 1.807) is 6.92 Å². The van der Waals surface area contributed by atoms with Gasteiger partial charge in [-0.25, -0.2) is 23.1 Å². The van der Waals surface area contributed by atoms with Crippen molar-refractivity contribution in [3.05, 3.63) is 41.3 Å². The van der Waals surface area contributed by atoms with Crippen molar-refractivity contribution in [2.75, 3.05) is 6.61 Å². The van der Waals surface area contributed by atoms with Gasteiger partial charge in [0.05, 0.1) is 23.7 Å². The van der Waals surface area contributed by atoms with E-state index in [1.165, 1.54) is 31.5 Å². The van der Waals surface area contributed by atoms with Crippen molar-refractivity contribution >= 4 is 22.8 Å². The van der Waals surface area contributed by atoms with Gasteiger partial charge in [-0.3, -0.25) is 9.59 Å². The lowest BCUT2D eigenvalue weighted by Crippen LogP contribution is -2.51. The zero-order chi connectivity index (χ0) is 28.6. The van der Waals surface area contributed by atoms with Gasteiger partial charge in [0.15, 0.2) is 0 Å². The van der Waals surface area contributed by atoms with Crippen molar-refractivity contribution in [1.29, 1.82) is 0 Å². The number of fused-ring (bicyclic) bond motifs is 1. The van der Waals surface area contributed by atoms with E-state index in [1.807, 2.05) is 0 Å². The number of aliphatic hydroxyl groups is 1. The highest BCUT2D eigenvalue weighted by Gasteiger charge is 2.34. The van der Waals surface area contributed by atoms with E-state index < -0.39 is 42.6 Å². The molecule has 2 heterocycles. The van der Waals surface area contributed by atoms with Gasteiger partial charge in [-0.15, -0.1) is 0 Å². The lowest BCUT2D eigenvalue weighted by atomic mass is 9.89. The summed E-state index contributed by atoms with van der Waals surface area (Å²) in [5.41, 5.74) is 1.99. The molecule has 3 aromatic rings. The number of rotatable bonds is 9. The van der Waals surface area contributed by atoms with Crippen molar-refractivity contribution in [1.82, 2.24) is 25.6 Å². The Morgan fingerprint density at radius 3 is 2.62 bits per heavy atom. The van der Waals surface area contributed by atoms with Crippen LogP contribution in [0.5, 0.6) is 5.75 Å². The fraction of sp³-hybridized carbons (Fsp3) is 0.500. The van der Waals surface area contributed by atoms with E-state index in [-0.39, 0.29) is 17.5 Å². The van der Waals surface area contributed by atoms with Crippen molar-refractivity contribution in [2.24, 2.45) is 5.92 Å². The summed E-state index contributed by atoms with van der Waals surface area (Å²) in [4.78, 5) is 36.9. The van der Waals surface area contributed by atoms with Crippen LogP contribution in [0.15, 0.2) is 24.5 Å². The van der Waals surface area contributed by atoms with E-state index in [0.717, 1.165) is 12.8 Å². The molecule has 2 aliphatic rings. The largest absolute Gasteiger partial charge is 0.493 e. The van der Waals surface area contributed by atoms with Gasteiger partial charge in [0.25, 0.3) is 12.3 Å². The molecule has 2 amide bonds. The summed E-state index contributed by atoms with van der Waals surface area (Å²) in [5, 5.41) is 14.8. The second-order valence-corrected chi connectivity index (χ2v) is 10.7. The van der Waals surface area contributed by atoms with Crippen molar-refractivity contribution in [3.63, 3.8) is 0 Å². The van der Waals surface area contributed by atoms with Gasteiger partial charge < -0.3 is 25.5 Å². The van der Waals surface area contributed by atoms with E-state index in [4.69, 9.17) is 4.74 Å². The fourth-order valence-corrected chi connectivity index (χ4v) is 5.06. The summed E-state index contributed by atoms with van der Waals surface area (Å²) in [6, 6.07) is 2.99. The van der Waals surface area contributed by atoms with Gasteiger partial charge in [0, 0.05) is 29.3 Å². The molecule has 0 radical (unpaired) electrons. The number of nitrogens with zero attached hydrogens (tertiary/aromatic N) is 2. The molecule has 0 bridgehead atoms. The van der Waals surface area contributed by atoms with Crippen LogP contribution in [0.4, 0.5) is 13.2 Å². The quantitative estimate of drug-likeness (QED) is 0.312. The van der Waals surface area contributed by atoms with Gasteiger partial charge in [0.1, 0.15) is 35.6 Å². The van der Waals surface area contributed by atoms with Crippen LogP contribution in [0, 0.1) is 12.8 Å². The molecule has 2 saturated carbocycles. The molecule has 0 aliphatic heterocycles. The highest BCUT2D eigenvalue weighted by Crippen LogP contribution is 2.38. The van der Waals surface area contributed by atoms with Crippen molar-refractivity contribution < 1.29 is 32.6 Å². The Bertz CT molecular complexity index is 1410. The van der Waals surface area contributed by atoms with Crippen LogP contribution in [-0.2, 0) is 4.79 Å². The number of ether oxygens (including phenoxy) is 1. The summed E-state index contributed by atoms with van der Waals surface area (Å²) in [6.07, 6.45) is -1.18. The average Bonchev–Trinajstić information content (AvgIpc) is 3.68. The minimum atomic E-state index is -2.69. The number of aromatic nitrogens is 3. The smallest absolute Gasteiger partial charge is 0.263 e. The third kappa shape index (κ3) is 5.91. The number of H-pyrrole nitrogens is 1. The Labute approximate surface area is 228 Å². The molecule has 4 N–H and O–H groups in total. The number of hydrogen-bond donors (Lipinski definition) is 4. The number of aryl methyl sites for hydroxylation is 1. The highest BCUT2D eigenvalue weighted by atomic mass is 19.3. The second kappa shape index (κ2) is 11.4. The zero-order valence-electron chi connectivity index (χ0n) is 22.2. The van der Waals surface area contributed by atoms with Crippen LogP contribution in [0.1, 0.15) is 67.1 Å². The number of benzene rings is 1. The van der Waals surface area contributed by atoms with Crippen LogP contribution in [0.3, 0.4) is 0 Å². The second-order valence-electron chi connectivity index (χ2n) is 10.7. The molecule has 2 fully saturated rings. The Balaban J connectivity index is 1.39. The molecule has 0 spiro atoms. The van der Waals surface area contributed by atoms with Gasteiger partial charge in [-0.1, -0.05) is 0 Å². The summed E-state index contributed by atoms with van der Waals surface area (Å²) < 4.78 is 47.9. The molecule has 0 saturated heterocycles. The van der Waals surface area contributed by atoms with Crippen LogP contribution in [-0.4, -0.2) is 62.8 Å². The monoisotopic (exact) mass is 559 g/mol. The molecule has 214 valence electrons. The van der Waals surface area contributed by atoms with E-state index in [0.29, 0.717) is 59.1 Å². The maximum absolute atomic E-state index is 14.8. The summed E-state index contributed by atoms with van der Waals surface area (Å²) in [5.74, 6) is -0.226. The normalized spacial score (nSPS) is 21.8. The molecule has 12 heteroatoms. The summed E-state index contributed by atoms with van der Waals surface area (Å²) >= 11 is 0. The van der Waals surface area contributed by atoms with E-state index in [2.05, 4.69) is 25.6 Å². The zero-order valence-corrected chi connectivity index (χ0v) is 22.2. The molecule has 1 aromatic carbocycles. The predicted molar refractivity (Wildman–Crippen MR) is 141 cm³/mol. The first-order chi connectivity index (χ1) is 19.1. The SMILES string of the molecule is Cc1[nH]c2c(-c3cc(C(F)F)ccc3OCC3CC3)ncnc2c1C(=O)N[C@@H]1CC[C@H](NC(=O)[C@H](C)O)[C@H](F)C1. The van der Waals surface area contributed by atoms with Crippen molar-refractivity contribution in [2.45, 2.75) is 76.7 Å². The van der Waals surface area contributed by atoms with Crippen LogP contribution < -0.4 is 15.4 Å². The summed E-state index contributed by atoms with van der Waals surface area (Å²) in [6.45, 7) is 3.48. The molecule has 5 rings (SSSR count). The number of nitrogens with one attached hydrogen (secondary N) is 3. The number of carbonyl (C=O) groups is 2. The van der Waals surface area contributed by atoms with E-state index >= 15 is 0 Å². The first kappa shape index (κ1) is 27.9. The van der Waals surface area contributed by atoms with Crippen LogP contribution in [0.2, 0.25) is 0 Å². The molecular formula is C28H32F3N5O4. The van der Waals surface area contributed by atoms with Crippen LogP contribution in [0.25, 0.3) is 22.3 Å². The Kier molecular flexibility index (Phi) is 7.97. The first-order valence-corrected chi connectivity index (χ1v) is 13.4. The predicted octanol–water partition coefficient (Wildman–Crippen LogP) is 4.15. The van der Waals surface area contributed by atoms with Gasteiger partial charge >= 0.3 is 0 Å². The minimum absolute atomic E-state index is 0.000245.